The Balaban J connectivity index is 1.64. The second-order valence-electron chi connectivity index (χ2n) is 5.73. The number of pyridine rings is 1. The average Bonchev–Trinajstić information content (AvgIpc) is 2.96. The van der Waals surface area contributed by atoms with E-state index in [1.807, 2.05) is 4.90 Å². The molecule has 0 radical (unpaired) electrons. The van der Waals surface area contributed by atoms with E-state index in [2.05, 4.69) is 5.32 Å². The Labute approximate surface area is 128 Å². The first kappa shape index (κ1) is 14.6. The molecule has 1 atom stereocenters. The van der Waals surface area contributed by atoms with Gasteiger partial charge in [-0.25, -0.2) is 4.79 Å². The number of aromatic nitrogens is 1. The molecule has 7 nitrogen and oxygen atoms in total. The maximum Gasteiger partial charge on any atom is 0.317 e. The van der Waals surface area contributed by atoms with Crippen molar-refractivity contribution in [2.45, 2.75) is 25.4 Å². The van der Waals surface area contributed by atoms with Gasteiger partial charge in [0, 0.05) is 38.4 Å². The monoisotopic (exact) mass is 304 g/mol. The van der Waals surface area contributed by atoms with E-state index in [4.69, 9.17) is 0 Å². The summed E-state index contributed by atoms with van der Waals surface area (Å²) in [4.78, 5) is 39.4. The van der Waals surface area contributed by atoms with E-state index in [1.54, 1.807) is 23.2 Å². The van der Waals surface area contributed by atoms with Gasteiger partial charge < -0.3 is 19.7 Å². The lowest BCUT2D eigenvalue weighted by Gasteiger charge is -2.37. The van der Waals surface area contributed by atoms with E-state index in [1.165, 1.54) is 10.6 Å². The number of carbonyl (C=O) groups excluding carboxylic acids is 2. The SMILES string of the molecule is O=C(Cn1ccccc1=O)N1CCC[C@H](N2CCNC2=O)C1. The minimum atomic E-state index is -0.177. The van der Waals surface area contributed by atoms with Gasteiger partial charge in [0.05, 0.1) is 6.04 Å². The van der Waals surface area contributed by atoms with E-state index in [-0.39, 0.29) is 30.1 Å². The van der Waals surface area contributed by atoms with E-state index in [0.717, 1.165) is 12.8 Å². The van der Waals surface area contributed by atoms with Crippen LogP contribution in [0.2, 0.25) is 0 Å². The minimum Gasteiger partial charge on any atom is -0.339 e. The second kappa shape index (κ2) is 6.21. The van der Waals surface area contributed by atoms with Gasteiger partial charge >= 0.3 is 6.03 Å². The van der Waals surface area contributed by atoms with Crippen LogP contribution in [0.25, 0.3) is 0 Å². The van der Waals surface area contributed by atoms with E-state index >= 15 is 0 Å². The maximum atomic E-state index is 12.4. The number of piperidine rings is 1. The molecule has 2 fully saturated rings. The normalized spacial score (nSPS) is 21.8. The predicted molar refractivity (Wildman–Crippen MR) is 80.4 cm³/mol. The van der Waals surface area contributed by atoms with Crippen LogP contribution in [0.1, 0.15) is 12.8 Å². The zero-order chi connectivity index (χ0) is 15.5. The van der Waals surface area contributed by atoms with E-state index in [0.29, 0.717) is 26.2 Å². The van der Waals surface area contributed by atoms with Crippen LogP contribution in [0.5, 0.6) is 0 Å². The maximum absolute atomic E-state index is 12.4. The lowest BCUT2D eigenvalue weighted by atomic mass is 10.0. The van der Waals surface area contributed by atoms with E-state index in [9.17, 15) is 14.4 Å². The molecule has 0 bridgehead atoms. The average molecular weight is 304 g/mol. The molecule has 0 spiro atoms. The van der Waals surface area contributed by atoms with Gasteiger partial charge in [0.2, 0.25) is 5.91 Å². The van der Waals surface area contributed by atoms with Crippen molar-refractivity contribution in [3.8, 4) is 0 Å². The van der Waals surface area contributed by atoms with Gasteiger partial charge in [-0.15, -0.1) is 0 Å². The minimum absolute atomic E-state index is 0.0430. The molecule has 2 saturated heterocycles. The smallest absolute Gasteiger partial charge is 0.317 e. The number of likely N-dealkylation sites (tertiary alicyclic amines) is 1. The van der Waals surface area contributed by atoms with Gasteiger partial charge in [-0.2, -0.15) is 0 Å². The molecule has 0 aromatic carbocycles. The zero-order valence-corrected chi connectivity index (χ0v) is 12.4. The lowest BCUT2D eigenvalue weighted by Crippen LogP contribution is -2.51. The second-order valence-corrected chi connectivity index (χ2v) is 5.73. The predicted octanol–water partition coefficient (Wildman–Crippen LogP) is -0.135. The first-order valence-electron chi connectivity index (χ1n) is 7.63. The number of hydrogen-bond donors (Lipinski definition) is 1. The van der Waals surface area contributed by atoms with E-state index < -0.39 is 0 Å². The molecule has 2 aliphatic heterocycles. The number of nitrogens with zero attached hydrogens (tertiary/aromatic N) is 3. The molecule has 1 aromatic heterocycles. The Bertz CT molecular complexity index is 627. The van der Waals surface area contributed by atoms with Crippen LogP contribution < -0.4 is 10.9 Å². The number of nitrogens with one attached hydrogen (secondary N) is 1. The van der Waals surface area contributed by atoms with Crippen LogP contribution >= 0.6 is 0 Å². The fraction of sp³-hybridized carbons (Fsp3) is 0.533. The Morgan fingerprint density at radius 2 is 2.14 bits per heavy atom. The van der Waals surface area contributed by atoms with Gasteiger partial charge in [-0.3, -0.25) is 9.59 Å². The molecule has 22 heavy (non-hydrogen) atoms. The van der Waals surface area contributed by atoms with Crippen LogP contribution in [0.15, 0.2) is 29.2 Å². The highest BCUT2D eigenvalue weighted by Gasteiger charge is 2.32. The van der Waals surface area contributed by atoms with Crippen molar-refractivity contribution in [1.29, 1.82) is 0 Å². The molecule has 3 rings (SSSR count). The highest BCUT2D eigenvalue weighted by Crippen LogP contribution is 2.18. The fourth-order valence-electron chi connectivity index (χ4n) is 3.11. The Morgan fingerprint density at radius 3 is 2.86 bits per heavy atom. The number of rotatable bonds is 3. The van der Waals surface area contributed by atoms with Crippen LogP contribution in [-0.4, -0.2) is 58.5 Å². The van der Waals surface area contributed by atoms with Gasteiger partial charge in [-0.1, -0.05) is 6.07 Å². The van der Waals surface area contributed by atoms with Gasteiger partial charge in [0.25, 0.3) is 5.56 Å². The van der Waals surface area contributed by atoms with Crippen molar-refractivity contribution in [3.05, 3.63) is 34.7 Å². The summed E-state index contributed by atoms with van der Waals surface area (Å²) in [5.41, 5.74) is -0.177. The molecular formula is C15H20N4O3. The Kier molecular flexibility index (Phi) is 4.13. The van der Waals surface area contributed by atoms with Gasteiger partial charge in [0.1, 0.15) is 6.54 Å². The summed E-state index contributed by atoms with van der Waals surface area (Å²) in [6, 6.07) is 4.88. The number of urea groups is 1. The van der Waals surface area contributed by atoms with Gasteiger partial charge in [0.15, 0.2) is 0 Å². The molecule has 7 heteroatoms. The number of carbonyl (C=O) groups is 2. The zero-order valence-electron chi connectivity index (χ0n) is 12.4. The summed E-state index contributed by atoms with van der Waals surface area (Å²) in [5, 5.41) is 2.80. The highest BCUT2D eigenvalue weighted by molar-refractivity contribution is 5.78. The van der Waals surface area contributed by atoms with Crippen molar-refractivity contribution in [2.75, 3.05) is 26.2 Å². The molecule has 0 saturated carbocycles. The first-order valence-corrected chi connectivity index (χ1v) is 7.63. The molecule has 3 heterocycles. The summed E-state index contributed by atoms with van der Waals surface area (Å²) in [5.74, 6) is -0.0717. The number of hydrogen-bond acceptors (Lipinski definition) is 3. The largest absolute Gasteiger partial charge is 0.339 e. The topological polar surface area (TPSA) is 74.7 Å². The molecule has 3 amide bonds. The highest BCUT2D eigenvalue weighted by atomic mass is 16.2. The summed E-state index contributed by atoms with van der Waals surface area (Å²) in [6.07, 6.45) is 3.42. The Hall–Kier alpha value is -2.31. The summed E-state index contributed by atoms with van der Waals surface area (Å²) < 4.78 is 1.41. The lowest BCUT2D eigenvalue weighted by molar-refractivity contribution is -0.133. The van der Waals surface area contributed by atoms with Crippen molar-refractivity contribution in [1.82, 2.24) is 19.7 Å². The third-order valence-corrected chi connectivity index (χ3v) is 4.28. The number of amides is 3. The van der Waals surface area contributed by atoms with Gasteiger partial charge in [-0.05, 0) is 18.9 Å². The fourth-order valence-corrected chi connectivity index (χ4v) is 3.11. The van der Waals surface area contributed by atoms with Crippen molar-refractivity contribution in [2.24, 2.45) is 0 Å². The first-order chi connectivity index (χ1) is 10.6. The van der Waals surface area contributed by atoms with Crippen LogP contribution in [0.3, 0.4) is 0 Å². The van der Waals surface area contributed by atoms with Crippen molar-refractivity contribution >= 4 is 11.9 Å². The molecule has 1 N–H and O–H groups in total. The quantitative estimate of drug-likeness (QED) is 0.845. The van der Waals surface area contributed by atoms with Crippen molar-refractivity contribution in [3.63, 3.8) is 0 Å². The van der Waals surface area contributed by atoms with Crippen LogP contribution in [-0.2, 0) is 11.3 Å². The Morgan fingerprint density at radius 1 is 1.27 bits per heavy atom. The molecule has 2 aliphatic rings. The molecular weight excluding hydrogens is 284 g/mol. The third-order valence-electron chi connectivity index (χ3n) is 4.28. The molecule has 0 aliphatic carbocycles. The van der Waals surface area contributed by atoms with Crippen LogP contribution in [0.4, 0.5) is 4.79 Å². The van der Waals surface area contributed by atoms with Crippen molar-refractivity contribution < 1.29 is 9.59 Å². The van der Waals surface area contributed by atoms with Crippen LogP contribution in [0, 0.1) is 0 Å². The summed E-state index contributed by atoms with van der Waals surface area (Å²) >= 11 is 0. The standard InChI is InChI=1S/C15H20N4O3/c20-13-5-1-2-7-18(13)11-14(21)17-8-3-4-12(10-17)19-9-6-16-15(19)22/h1-2,5,7,12H,3-4,6,8-11H2,(H,16,22)/t12-/m0/s1. The third kappa shape index (κ3) is 2.98. The summed E-state index contributed by atoms with van der Waals surface area (Å²) in [6.45, 7) is 2.66. The molecule has 1 aromatic rings. The molecule has 0 unspecified atom stereocenters. The molecule has 118 valence electrons. The summed E-state index contributed by atoms with van der Waals surface area (Å²) in [7, 11) is 0.